The van der Waals surface area contributed by atoms with Gasteiger partial charge in [-0.25, -0.2) is 0 Å². The highest BCUT2D eigenvalue weighted by molar-refractivity contribution is 5.80. The van der Waals surface area contributed by atoms with Crippen LogP contribution in [0.4, 0.5) is 0 Å². The lowest BCUT2D eigenvalue weighted by Crippen LogP contribution is -2.39. The van der Waals surface area contributed by atoms with Crippen LogP contribution in [0.3, 0.4) is 0 Å². The maximum Gasteiger partial charge on any atom is 0.317 e. The van der Waals surface area contributed by atoms with Crippen LogP contribution >= 0.6 is 0 Å². The second kappa shape index (κ2) is 4.19. The molecule has 1 aromatic rings. The molecule has 1 aliphatic carbocycles. The van der Waals surface area contributed by atoms with E-state index in [0.29, 0.717) is 25.2 Å². The Kier molecular flexibility index (Phi) is 2.89. The summed E-state index contributed by atoms with van der Waals surface area (Å²) >= 11 is 0. The minimum Gasteiger partial charge on any atom is -0.480 e. The Bertz CT molecular complexity index is 382. The molecule has 0 saturated heterocycles. The Hall–Kier alpha value is -1.46. The van der Waals surface area contributed by atoms with E-state index < -0.39 is 11.4 Å². The molecule has 1 heterocycles. The lowest BCUT2D eigenvalue weighted by Gasteiger charge is -2.29. The molecule has 88 valence electrons. The summed E-state index contributed by atoms with van der Waals surface area (Å²) in [6, 6.07) is 0. The van der Waals surface area contributed by atoms with E-state index in [0.717, 1.165) is 19.3 Å². The summed E-state index contributed by atoms with van der Waals surface area (Å²) in [5.74, 6) is -0.440. The van der Waals surface area contributed by atoms with E-state index in [1.165, 1.54) is 4.80 Å². The van der Waals surface area contributed by atoms with Gasteiger partial charge in [-0.15, -0.1) is 10.2 Å². The fourth-order valence-corrected chi connectivity index (χ4v) is 2.26. The van der Waals surface area contributed by atoms with E-state index in [9.17, 15) is 9.90 Å². The second-order valence-corrected chi connectivity index (χ2v) is 4.25. The number of aliphatic carboxylic acids is 1. The topological polar surface area (TPSA) is 80.9 Å². The van der Waals surface area contributed by atoms with Gasteiger partial charge in [0.1, 0.15) is 5.41 Å². The van der Waals surface area contributed by atoms with Gasteiger partial charge in [0.05, 0.1) is 6.54 Å². The number of aromatic nitrogens is 4. The van der Waals surface area contributed by atoms with Crippen LogP contribution in [0.2, 0.25) is 0 Å². The molecule has 1 saturated carbocycles. The summed E-state index contributed by atoms with van der Waals surface area (Å²) < 4.78 is 0. The maximum absolute atomic E-state index is 11.5. The lowest BCUT2D eigenvalue weighted by atomic mass is 9.73. The molecule has 2 rings (SSSR count). The van der Waals surface area contributed by atoms with Crippen LogP contribution in [0.1, 0.15) is 44.9 Å². The fraction of sp³-hybridized carbons (Fsp3) is 0.800. The van der Waals surface area contributed by atoms with Gasteiger partial charge in [-0.3, -0.25) is 4.79 Å². The first kappa shape index (κ1) is 11.0. The molecule has 0 radical (unpaired) electrons. The Morgan fingerprint density at radius 1 is 1.44 bits per heavy atom. The third-order valence-electron chi connectivity index (χ3n) is 3.28. The second-order valence-electron chi connectivity index (χ2n) is 4.25. The van der Waals surface area contributed by atoms with Gasteiger partial charge in [-0.05, 0) is 25.0 Å². The quantitative estimate of drug-likeness (QED) is 0.827. The number of carbonyl (C=O) groups is 1. The number of hydrogen-bond acceptors (Lipinski definition) is 4. The standard InChI is InChI=1S/C10H16N4O2/c1-2-14-12-8(11-13-14)10(9(15)16)6-4-3-5-7-10/h2-7H2,1H3,(H,15,16). The van der Waals surface area contributed by atoms with Crippen LogP contribution in [0.25, 0.3) is 0 Å². The van der Waals surface area contributed by atoms with Crippen molar-refractivity contribution >= 4 is 5.97 Å². The minimum absolute atomic E-state index is 0.376. The highest BCUT2D eigenvalue weighted by atomic mass is 16.4. The third kappa shape index (κ3) is 1.68. The largest absolute Gasteiger partial charge is 0.480 e. The summed E-state index contributed by atoms with van der Waals surface area (Å²) in [6.45, 7) is 2.52. The van der Waals surface area contributed by atoms with Gasteiger partial charge in [0.15, 0.2) is 5.82 Å². The summed E-state index contributed by atoms with van der Waals surface area (Å²) in [6.07, 6.45) is 4.19. The van der Waals surface area contributed by atoms with Gasteiger partial charge < -0.3 is 5.11 Å². The molecule has 0 bridgehead atoms. The van der Waals surface area contributed by atoms with Gasteiger partial charge in [-0.1, -0.05) is 19.3 Å². The molecule has 0 amide bonds. The molecule has 1 N–H and O–H groups in total. The Labute approximate surface area is 93.6 Å². The number of nitrogens with zero attached hydrogens (tertiary/aromatic N) is 4. The number of aryl methyl sites for hydroxylation is 1. The highest BCUT2D eigenvalue weighted by Crippen LogP contribution is 2.37. The van der Waals surface area contributed by atoms with Crippen molar-refractivity contribution in [1.29, 1.82) is 0 Å². The first-order chi connectivity index (χ1) is 7.69. The van der Waals surface area contributed by atoms with Crippen molar-refractivity contribution in [2.75, 3.05) is 0 Å². The van der Waals surface area contributed by atoms with Crippen molar-refractivity contribution in [2.24, 2.45) is 0 Å². The number of rotatable bonds is 3. The van der Waals surface area contributed by atoms with E-state index >= 15 is 0 Å². The zero-order chi connectivity index (χ0) is 11.6. The van der Waals surface area contributed by atoms with Gasteiger partial charge in [0.2, 0.25) is 0 Å². The van der Waals surface area contributed by atoms with Crippen molar-refractivity contribution in [3.8, 4) is 0 Å². The average molecular weight is 224 g/mol. The highest BCUT2D eigenvalue weighted by Gasteiger charge is 2.45. The normalized spacial score (nSPS) is 19.6. The smallest absolute Gasteiger partial charge is 0.317 e. The number of carboxylic acid groups (broad SMARTS) is 1. The van der Waals surface area contributed by atoms with Crippen LogP contribution in [-0.4, -0.2) is 31.3 Å². The Morgan fingerprint density at radius 2 is 2.12 bits per heavy atom. The molecule has 1 fully saturated rings. The van der Waals surface area contributed by atoms with Crippen molar-refractivity contribution in [2.45, 2.75) is 51.0 Å². The number of tetrazole rings is 1. The molecule has 1 aromatic heterocycles. The summed E-state index contributed by atoms with van der Waals surface area (Å²) in [5, 5.41) is 21.3. The van der Waals surface area contributed by atoms with Crippen molar-refractivity contribution < 1.29 is 9.90 Å². The van der Waals surface area contributed by atoms with E-state index in [1.807, 2.05) is 6.92 Å². The van der Waals surface area contributed by atoms with Gasteiger partial charge in [0, 0.05) is 0 Å². The van der Waals surface area contributed by atoms with Gasteiger partial charge in [0.25, 0.3) is 0 Å². The number of carboxylic acids is 1. The van der Waals surface area contributed by atoms with Gasteiger partial charge >= 0.3 is 5.97 Å². The lowest BCUT2D eigenvalue weighted by molar-refractivity contribution is -0.145. The summed E-state index contributed by atoms with van der Waals surface area (Å²) in [7, 11) is 0. The van der Waals surface area contributed by atoms with Crippen LogP contribution in [0.5, 0.6) is 0 Å². The van der Waals surface area contributed by atoms with Gasteiger partial charge in [-0.2, -0.15) is 4.80 Å². The molecule has 0 atom stereocenters. The third-order valence-corrected chi connectivity index (χ3v) is 3.28. The van der Waals surface area contributed by atoms with Crippen molar-refractivity contribution in [1.82, 2.24) is 20.2 Å². The SMILES string of the molecule is CCn1nnc(C2(C(=O)O)CCCCC2)n1. The Morgan fingerprint density at radius 3 is 2.62 bits per heavy atom. The van der Waals surface area contributed by atoms with E-state index in [2.05, 4.69) is 15.4 Å². The molecule has 0 aromatic carbocycles. The monoisotopic (exact) mass is 224 g/mol. The van der Waals surface area contributed by atoms with Crippen molar-refractivity contribution in [3.05, 3.63) is 5.82 Å². The van der Waals surface area contributed by atoms with Crippen LogP contribution < -0.4 is 0 Å². The zero-order valence-corrected chi connectivity index (χ0v) is 9.39. The average Bonchev–Trinajstić information content (AvgIpc) is 2.78. The minimum atomic E-state index is -0.897. The maximum atomic E-state index is 11.5. The predicted molar refractivity (Wildman–Crippen MR) is 55.9 cm³/mol. The number of hydrogen-bond donors (Lipinski definition) is 1. The first-order valence-corrected chi connectivity index (χ1v) is 5.71. The van der Waals surface area contributed by atoms with Crippen LogP contribution in [-0.2, 0) is 16.8 Å². The summed E-state index contributed by atoms with van der Waals surface area (Å²) in [4.78, 5) is 12.9. The molecular weight excluding hydrogens is 208 g/mol. The Balaban J connectivity index is 2.34. The predicted octanol–water partition coefficient (Wildman–Crippen LogP) is 0.979. The van der Waals surface area contributed by atoms with E-state index in [1.54, 1.807) is 0 Å². The molecular formula is C10H16N4O2. The molecule has 16 heavy (non-hydrogen) atoms. The van der Waals surface area contributed by atoms with E-state index in [-0.39, 0.29) is 0 Å². The molecule has 6 heteroatoms. The van der Waals surface area contributed by atoms with E-state index in [4.69, 9.17) is 0 Å². The van der Waals surface area contributed by atoms with Crippen LogP contribution in [0, 0.1) is 0 Å². The zero-order valence-electron chi connectivity index (χ0n) is 9.39. The van der Waals surface area contributed by atoms with Crippen molar-refractivity contribution in [3.63, 3.8) is 0 Å². The molecule has 0 aliphatic heterocycles. The van der Waals surface area contributed by atoms with Crippen LogP contribution in [0.15, 0.2) is 0 Å². The molecule has 1 aliphatic rings. The fourth-order valence-electron chi connectivity index (χ4n) is 2.26. The summed E-state index contributed by atoms with van der Waals surface area (Å²) in [5.41, 5.74) is -0.897. The molecule has 0 spiro atoms. The molecule has 6 nitrogen and oxygen atoms in total. The first-order valence-electron chi connectivity index (χ1n) is 5.71. The molecule has 0 unspecified atom stereocenters.